The third-order valence-electron chi connectivity index (χ3n) is 3.80. The van der Waals surface area contributed by atoms with Gasteiger partial charge in [0.1, 0.15) is 6.10 Å². The van der Waals surface area contributed by atoms with Crippen molar-refractivity contribution in [3.05, 3.63) is 30.1 Å². The summed E-state index contributed by atoms with van der Waals surface area (Å²) in [5.41, 5.74) is 0. The lowest BCUT2D eigenvalue weighted by atomic mass is 9.85. The van der Waals surface area contributed by atoms with E-state index in [0.717, 1.165) is 12.8 Å². The van der Waals surface area contributed by atoms with Crippen LogP contribution in [0.15, 0.2) is 24.3 Å². The Labute approximate surface area is 101 Å². The molecule has 2 aliphatic heterocycles. The van der Waals surface area contributed by atoms with Crippen LogP contribution in [0.1, 0.15) is 32.1 Å². The first-order valence-corrected chi connectivity index (χ1v) is 6.48. The lowest BCUT2D eigenvalue weighted by Gasteiger charge is -2.40. The van der Waals surface area contributed by atoms with Gasteiger partial charge >= 0.3 is 0 Å². The minimum Gasteiger partial charge on any atom is -0.487 e. The first-order chi connectivity index (χ1) is 8.31. The summed E-state index contributed by atoms with van der Waals surface area (Å²) in [6, 6.07) is 7.82. The van der Waals surface area contributed by atoms with Crippen LogP contribution >= 0.6 is 0 Å². The van der Waals surface area contributed by atoms with Crippen LogP contribution in [-0.2, 0) is 0 Å². The second-order valence-electron chi connectivity index (χ2n) is 5.13. The van der Waals surface area contributed by atoms with E-state index in [1.165, 1.54) is 25.3 Å². The van der Waals surface area contributed by atoms with Crippen molar-refractivity contribution in [1.82, 2.24) is 5.32 Å². The zero-order valence-corrected chi connectivity index (χ0v) is 9.86. The molecule has 3 rings (SSSR count). The highest BCUT2D eigenvalue weighted by molar-refractivity contribution is 5.24. The van der Waals surface area contributed by atoms with Gasteiger partial charge in [0.15, 0.2) is 11.6 Å². The largest absolute Gasteiger partial charge is 0.487 e. The predicted molar refractivity (Wildman–Crippen MR) is 64.6 cm³/mol. The van der Waals surface area contributed by atoms with Gasteiger partial charge in [-0.2, -0.15) is 0 Å². The zero-order chi connectivity index (χ0) is 11.7. The standard InChI is InChI=1S/C14H18FNO/c15-13-6-1-2-7-14(13)17-12-8-10-4-3-5-11(9-12)16-10/h1-2,6-7,10-12,16H,3-5,8-9H2/t10-,11+,12?. The minimum atomic E-state index is -0.254. The Morgan fingerprint density at radius 3 is 2.53 bits per heavy atom. The fourth-order valence-electron chi connectivity index (χ4n) is 3.03. The SMILES string of the molecule is Fc1ccccc1OC1C[C@H]2CCC[C@@H](C1)N2. The predicted octanol–water partition coefficient (Wildman–Crippen LogP) is 2.88. The minimum absolute atomic E-state index is 0.170. The van der Waals surface area contributed by atoms with Crippen LogP contribution in [0.5, 0.6) is 5.75 Å². The maximum atomic E-state index is 13.5. The number of ether oxygens (including phenoxy) is 1. The first-order valence-electron chi connectivity index (χ1n) is 6.48. The molecule has 0 aliphatic carbocycles. The summed E-state index contributed by atoms with van der Waals surface area (Å²) in [7, 11) is 0. The van der Waals surface area contributed by atoms with Crippen LogP contribution < -0.4 is 10.1 Å². The van der Waals surface area contributed by atoms with Crippen molar-refractivity contribution >= 4 is 0 Å². The zero-order valence-electron chi connectivity index (χ0n) is 9.86. The number of fused-ring (bicyclic) bond motifs is 2. The summed E-state index contributed by atoms with van der Waals surface area (Å²) in [6.45, 7) is 0. The highest BCUT2D eigenvalue weighted by Gasteiger charge is 2.32. The Hall–Kier alpha value is -1.09. The molecule has 0 amide bonds. The molecule has 2 nitrogen and oxygen atoms in total. The molecule has 92 valence electrons. The number of hydrogen-bond acceptors (Lipinski definition) is 2. The lowest BCUT2D eigenvalue weighted by Crippen LogP contribution is -2.51. The summed E-state index contributed by atoms with van der Waals surface area (Å²) in [6.07, 6.45) is 5.95. The Morgan fingerprint density at radius 1 is 1.12 bits per heavy atom. The van der Waals surface area contributed by atoms with Gasteiger partial charge in [-0.15, -0.1) is 0 Å². The molecule has 2 bridgehead atoms. The molecule has 2 heterocycles. The first kappa shape index (κ1) is 11.0. The maximum absolute atomic E-state index is 13.5. The Balaban J connectivity index is 1.68. The topological polar surface area (TPSA) is 21.3 Å². The van der Waals surface area contributed by atoms with Gasteiger partial charge in [-0.3, -0.25) is 0 Å². The smallest absolute Gasteiger partial charge is 0.165 e. The van der Waals surface area contributed by atoms with Gasteiger partial charge in [-0.05, 0) is 37.8 Å². The molecule has 3 heteroatoms. The van der Waals surface area contributed by atoms with Crippen molar-refractivity contribution in [3.63, 3.8) is 0 Å². The summed E-state index contributed by atoms with van der Waals surface area (Å²) in [5.74, 6) is 0.147. The molecule has 1 N–H and O–H groups in total. The molecule has 3 atom stereocenters. The molecule has 2 aliphatic rings. The molecule has 1 aromatic carbocycles. The normalized spacial score (nSPS) is 32.2. The fraction of sp³-hybridized carbons (Fsp3) is 0.571. The van der Waals surface area contributed by atoms with Gasteiger partial charge in [-0.25, -0.2) is 4.39 Å². The molecule has 17 heavy (non-hydrogen) atoms. The quantitative estimate of drug-likeness (QED) is 0.851. The van der Waals surface area contributed by atoms with E-state index in [2.05, 4.69) is 5.32 Å². The second-order valence-corrected chi connectivity index (χ2v) is 5.13. The van der Waals surface area contributed by atoms with Crippen molar-refractivity contribution in [2.24, 2.45) is 0 Å². The molecule has 1 aromatic rings. The number of hydrogen-bond donors (Lipinski definition) is 1. The summed E-state index contributed by atoms with van der Waals surface area (Å²) in [5, 5.41) is 3.61. The number of benzene rings is 1. The van der Waals surface area contributed by atoms with Crippen LogP contribution in [0, 0.1) is 5.82 Å². The van der Waals surface area contributed by atoms with Crippen molar-refractivity contribution in [3.8, 4) is 5.75 Å². The van der Waals surface area contributed by atoms with Crippen molar-refractivity contribution in [2.75, 3.05) is 0 Å². The molecule has 0 aromatic heterocycles. The Morgan fingerprint density at radius 2 is 1.82 bits per heavy atom. The average Bonchev–Trinajstić information content (AvgIpc) is 2.32. The summed E-state index contributed by atoms with van der Waals surface area (Å²) in [4.78, 5) is 0. The van der Waals surface area contributed by atoms with E-state index in [9.17, 15) is 4.39 Å². The van der Waals surface area contributed by atoms with Crippen LogP contribution in [0.2, 0.25) is 0 Å². The van der Waals surface area contributed by atoms with E-state index >= 15 is 0 Å². The lowest BCUT2D eigenvalue weighted by molar-refractivity contribution is 0.0893. The van der Waals surface area contributed by atoms with Gasteiger partial charge < -0.3 is 10.1 Å². The van der Waals surface area contributed by atoms with Crippen molar-refractivity contribution < 1.29 is 9.13 Å². The van der Waals surface area contributed by atoms with Gasteiger partial charge in [0.05, 0.1) is 0 Å². The highest BCUT2D eigenvalue weighted by atomic mass is 19.1. The fourth-order valence-corrected chi connectivity index (χ4v) is 3.03. The van der Waals surface area contributed by atoms with Gasteiger partial charge in [-0.1, -0.05) is 18.6 Å². The molecule has 0 radical (unpaired) electrons. The number of para-hydroxylation sites is 1. The average molecular weight is 235 g/mol. The molecule has 2 fully saturated rings. The number of halogens is 1. The van der Waals surface area contributed by atoms with Crippen LogP contribution in [-0.4, -0.2) is 18.2 Å². The number of piperidine rings is 2. The van der Waals surface area contributed by atoms with E-state index in [1.54, 1.807) is 12.1 Å². The molecule has 0 saturated carbocycles. The monoisotopic (exact) mass is 235 g/mol. The van der Waals surface area contributed by atoms with E-state index < -0.39 is 0 Å². The Bertz CT molecular complexity index is 384. The molecule has 0 spiro atoms. The number of rotatable bonds is 2. The number of nitrogens with one attached hydrogen (secondary N) is 1. The molecule has 2 saturated heterocycles. The van der Waals surface area contributed by atoms with Gasteiger partial charge in [0.25, 0.3) is 0 Å². The Kier molecular flexibility index (Phi) is 3.02. The molecule has 1 unspecified atom stereocenters. The van der Waals surface area contributed by atoms with Crippen molar-refractivity contribution in [1.29, 1.82) is 0 Å². The van der Waals surface area contributed by atoms with E-state index in [1.807, 2.05) is 6.07 Å². The third-order valence-corrected chi connectivity index (χ3v) is 3.80. The van der Waals surface area contributed by atoms with Gasteiger partial charge in [0.2, 0.25) is 0 Å². The van der Waals surface area contributed by atoms with Crippen LogP contribution in [0.3, 0.4) is 0 Å². The van der Waals surface area contributed by atoms with Crippen molar-refractivity contribution in [2.45, 2.75) is 50.3 Å². The maximum Gasteiger partial charge on any atom is 0.165 e. The highest BCUT2D eigenvalue weighted by Crippen LogP contribution is 2.29. The third kappa shape index (κ3) is 2.44. The van der Waals surface area contributed by atoms with E-state index in [4.69, 9.17) is 4.74 Å². The second kappa shape index (κ2) is 4.65. The van der Waals surface area contributed by atoms with Gasteiger partial charge in [0, 0.05) is 12.1 Å². The van der Waals surface area contributed by atoms with Crippen LogP contribution in [0.25, 0.3) is 0 Å². The van der Waals surface area contributed by atoms with E-state index in [-0.39, 0.29) is 11.9 Å². The summed E-state index contributed by atoms with van der Waals surface area (Å²) >= 11 is 0. The summed E-state index contributed by atoms with van der Waals surface area (Å²) < 4.78 is 19.3. The molecular formula is C14H18FNO. The molecular weight excluding hydrogens is 217 g/mol. The van der Waals surface area contributed by atoms with Crippen LogP contribution in [0.4, 0.5) is 4.39 Å². The van der Waals surface area contributed by atoms with E-state index in [0.29, 0.717) is 17.8 Å².